The van der Waals surface area contributed by atoms with Gasteiger partial charge in [0.1, 0.15) is 4.75 Å². The number of rotatable bonds is 10. The molecule has 1 aromatic rings. The fourth-order valence-electron chi connectivity index (χ4n) is 3.18. The highest BCUT2D eigenvalue weighted by atomic mass is 32.2. The molecule has 13 nitrogen and oxygen atoms in total. The highest BCUT2D eigenvalue weighted by molar-refractivity contribution is 7.81. The van der Waals surface area contributed by atoms with Crippen molar-refractivity contribution in [3.05, 3.63) is 23.8 Å². The van der Waals surface area contributed by atoms with Crippen molar-refractivity contribution >= 4 is 41.0 Å². The molecule has 1 aliphatic heterocycles. The molecule has 1 fully saturated rings. The zero-order valence-electron chi connectivity index (χ0n) is 17.7. The first-order valence-corrected chi connectivity index (χ1v) is 10.8. The summed E-state index contributed by atoms with van der Waals surface area (Å²) in [6.07, 6.45) is 0.674. The minimum absolute atomic E-state index is 0.0550. The van der Waals surface area contributed by atoms with Crippen LogP contribution in [0.3, 0.4) is 0 Å². The van der Waals surface area contributed by atoms with E-state index >= 15 is 0 Å². The van der Waals surface area contributed by atoms with Gasteiger partial charge in [0.2, 0.25) is 11.8 Å². The molecule has 1 unspecified atom stereocenters. The Labute approximate surface area is 190 Å². The molecule has 3 amide bonds. The number of phenols is 2. The second kappa shape index (κ2) is 10.4. The number of aliphatic carboxylic acids is 1. The first-order valence-electron chi connectivity index (χ1n) is 9.66. The number of nitrogens with one attached hydrogen (secondary N) is 2. The molecule has 1 aromatic carbocycles. The minimum Gasteiger partial charge on any atom is -0.504 e. The maximum atomic E-state index is 12.0. The summed E-state index contributed by atoms with van der Waals surface area (Å²) in [6.45, 7) is 2.61. The Morgan fingerprint density at radius 1 is 1.33 bits per heavy atom. The summed E-state index contributed by atoms with van der Waals surface area (Å²) >= 11 is -2.76. The molecule has 0 aromatic heterocycles. The lowest BCUT2D eigenvalue weighted by Gasteiger charge is -2.46. The zero-order chi connectivity index (χ0) is 24.9. The Balaban J connectivity index is 1.96. The summed E-state index contributed by atoms with van der Waals surface area (Å²) in [5, 5.41) is 34.2. The third-order valence-corrected chi connectivity index (χ3v) is 6.13. The van der Waals surface area contributed by atoms with Crippen molar-refractivity contribution in [2.24, 2.45) is 5.10 Å². The van der Waals surface area contributed by atoms with Gasteiger partial charge in [-0.2, -0.15) is 5.10 Å². The molecule has 180 valence electrons. The molecule has 0 bridgehead atoms. The van der Waals surface area contributed by atoms with E-state index in [2.05, 4.69) is 15.8 Å². The van der Waals surface area contributed by atoms with Crippen molar-refractivity contribution in [2.45, 2.75) is 43.5 Å². The van der Waals surface area contributed by atoms with Gasteiger partial charge in [0, 0.05) is 37.2 Å². The second-order valence-electron chi connectivity index (χ2n) is 7.53. The molecule has 0 saturated carbocycles. The number of carbonyl (C=O) groups excluding carboxylic acids is 3. The molecule has 33 heavy (non-hydrogen) atoms. The fraction of sp³-hybridized carbons (Fsp3) is 0.421. The molecule has 1 heterocycles. The Morgan fingerprint density at radius 2 is 2.00 bits per heavy atom. The lowest BCUT2D eigenvalue weighted by atomic mass is 9.92. The van der Waals surface area contributed by atoms with Crippen molar-refractivity contribution in [2.75, 3.05) is 6.54 Å². The molecule has 4 atom stereocenters. The van der Waals surface area contributed by atoms with Crippen molar-refractivity contribution < 1.29 is 43.3 Å². The van der Waals surface area contributed by atoms with Crippen molar-refractivity contribution in [3.8, 4) is 11.5 Å². The monoisotopic (exact) mass is 484 g/mol. The average Bonchev–Trinajstić information content (AvgIpc) is 2.73. The van der Waals surface area contributed by atoms with Crippen molar-refractivity contribution in [1.82, 2.24) is 15.6 Å². The molecule has 0 spiro atoms. The standard InChI is InChI=1S/C19H24N4O9S/c1-10-7-15(27)23(10)16(18(29)30)19(2,33(31)32)9-21-22-14(26)5-6-20-17(28)11-3-4-12(24)13(25)8-11/h3-4,8-10,16,24-25H,5-7H2,1-2H3,(H,20,28)(H,22,26)(H,29,30)(H,31,32)/b21-9+/t10-,16+,19+/m1/s1. The van der Waals surface area contributed by atoms with E-state index in [0.29, 0.717) is 0 Å². The van der Waals surface area contributed by atoms with Gasteiger partial charge in [0.05, 0.1) is 0 Å². The molecule has 2 rings (SSSR count). The quantitative estimate of drug-likeness (QED) is 0.0821. The van der Waals surface area contributed by atoms with Gasteiger partial charge in [-0.1, -0.05) is 0 Å². The van der Waals surface area contributed by atoms with Crippen LogP contribution >= 0.6 is 0 Å². The summed E-state index contributed by atoms with van der Waals surface area (Å²) in [4.78, 5) is 48.6. The van der Waals surface area contributed by atoms with Crippen LogP contribution in [0.2, 0.25) is 0 Å². The average molecular weight is 484 g/mol. The number of phenolic OH excluding ortho intramolecular Hbond substituents is 2. The van der Waals surface area contributed by atoms with E-state index in [4.69, 9.17) is 0 Å². The molecule has 6 N–H and O–H groups in total. The lowest BCUT2D eigenvalue weighted by Crippen LogP contribution is -2.67. The predicted octanol–water partition coefficient (Wildman–Crippen LogP) is -0.626. The number of β-lactam (4-membered cyclic amide) rings is 1. The van der Waals surface area contributed by atoms with Crippen LogP contribution in [0, 0.1) is 0 Å². The normalized spacial score (nSPS) is 19.3. The summed E-state index contributed by atoms with van der Waals surface area (Å²) in [5.74, 6) is -4.15. The maximum Gasteiger partial charge on any atom is 0.328 e. The van der Waals surface area contributed by atoms with Crippen LogP contribution in [0.5, 0.6) is 11.5 Å². The van der Waals surface area contributed by atoms with E-state index in [0.717, 1.165) is 30.2 Å². The van der Waals surface area contributed by atoms with Crippen LogP contribution in [-0.4, -0.2) is 82.3 Å². The summed E-state index contributed by atoms with van der Waals surface area (Å²) in [6, 6.07) is 1.33. The van der Waals surface area contributed by atoms with Crippen molar-refractivity contribution in [1.29, 1.82) is 0 Å². The largest absolute Gasteiger partial charge is 0.504 e. The minimum atomic E-state index is -2.76. The Kier molecular flexibility index (Phi) is 8.11. The van der Waals surface area contributed by atoms with Gasteiger partial charge in [-0.3, -0.25) is 14.4 Å². The number of likely N-dealkylation sites (tertiary alicyclic amines) is 1. The van der Waals surface area contributed by atoms with Crippen LogP contribution in [0.4, 0.5) is 0 Å². The number of hydrogen-bond acceptors (Lipinski definition) is 8. The highest BCUT2D eigenvalue weighted by Crippen LogP contribution is 2.30. The molecule has 0 radical (unpaired) electrons. The SMILES string of the molecule is C[C@@H]1CC(=O)N1[C@@H](C(=O)O)[C@](C)(/C=N/NC(=O)CCNC(=O)c1ccc(O)c(O)c1)S(=O)O. The third-order valence-electron chi connectivity index (χ3n) is 5.05. The van der Waals surface area contributed by atoms with E-state index in [9.17, 15) is 43.3 Å². The Hall–Kier alpha value is -3.52. The zero-order valence-corrected chi connectivity index (χ0v) is 18.5. The molecular formula is C19H24N4O9S. The number of nitrogens with zero attached hydrogens (tertiary/aromatic N) is 2. The number of carboxylic acids is 1. The number of hydrogen-bond donors (Lipinski definition) is 6. The van der Waals surface area contributed by atoms with Gasteiger partial charge in [0.15, 0.2) is 28.6 Å². The first-order chi connectivity index (χ1) is 15.4. The highest BCUT2D eigenvalue weighted by Gasteiger charge is 2.53. The molecule has 1 aliphatic rings. The van der Waals surface area contributed by atoms with Gasteiger partial charge >= 0.3 is 5.97 Å². The molecule has 14 heteroatoms. The van der Waals surface area contributed by atoms with Crippen molar-refractivity contribution in [3.63, 3.8) is 0 Å². The number of benzene rings is 1. The van der Waals surface area contributed by atoms with E-state index in [1.165, 1.54) is 6.07 Å². The number of carbonyl (C=O) groups is 4. The molecular weight excluding hydrogens is 460 g/mol. The van der Waals surface area contributed by atoms with Crippen LogP contribution < -0.4 is 10.7 Å². The number of carboxylic acid groups (broad SMARTS) is 1. The van der Waals surface area contributed by atoms with Gasteiger partial charge in [-0.25, -0.2) is 14.4 Å². The van der Waals surface area contributed by atoms with Gasteiger partial charge in [-0.05, 0) is 32.0 Å². The summed E-state index contributed by atoms with van der Waals surface area (Å²) in [7, 11) is 0. The Bertz CT molecular complexity index is 1010. The van der Waals surface area contributed by atoms with E-state index in [1.54, 1.807) is 6.92 Å². The van der Waals surface area contributed by atoms with E-state index in [-0.39, 0.29) is 24.9 Å². The second-order valence-corrected chi connectivity index (χ2v) is 8.91. The Morgan fingerprint density at radius 3 is 2.52 bits per heavy atom. The smallest absolute Gasteiger partial charge is 0.328 e. The van der Waals surface area contributed by atoms with Crippen LogP contribution in [0.1, 0.15) is 37.0 Å². The van der Waals surface area contributed by atoms with Gasteiger partial charge in [-0.15, -0.1) is 0 Å². The molecule has 1 saturated heterocycles. The van der Waals surface area contributed by atoms with E-state index in [1.807, 2.05) is 0 Å². The molecule has 0 aliphatic carbocycles. The lowest BCUT2D eigenvalue weighted by molar-refractivity contribution is -0.161. The number of aromatic hydroxyl groups is 2. The van der Waals surface area contributed by atoms with E-state index < -0.39 is 63.1 Å². The van der Waals surface area contributed by atoms with Crippen LogP contribution in [-0.2, 0) is 25.5 Å². The van der Waals surface area contributed by atoms with Crippen LogP contribution in [0.25, 0.3) is 0 Å². The predicted molar refractivity (Wildman–Crippen MR) is 115 cm³/mol. The van der Waals surface area contributed by atoms with Crippen LogP contribution in [0.15, 0.2) is 23.3 Å². The number of hydrazone groups is 1. The van der Waals surface area contributed by atoms with Gasteiger partial charge < -0.3 is 30.1 Å². The fourth-order valence-corrected chi connectivity index (χ4v) is 3.73. The summed E-state index contributed by atoms with van der Waals surface area (Å²) in [5.41, 5.74) is 2.13. The number of amides is 3. The summed E-state index contributed by atoms with van der Waals surface area (Å²) < 4.78 is 19.7. The topological polar surface area (TPSA) is 206 Å². The maximum absolute atomic E-state index is 12.0. The van der Waals surface area contributed by atoms with Gasteiger partial charge in [0.25, 0.3) is 5.91 Å². The first kappa shape index (κ1) is 25.7. The third kappa shape index (κ3) is 5.84.